The van der Waals surface area contributed by atoms with Crippen LogP contribution in [-0.4, -0.2) is 15.7 Å². The van der Waals surface area contributed by atoms with E-state index in [0.717, 1.165) is 5.56 Å². The van der Waals surface area contributed by atoms with Gasteiger partial charge in [0.2, 0.25) is 0 Å². The van der Waals surface area contributed by atoms with Gasteiger partial charge in [0.1, 0.15) is 18.1 Å². The van der Waals surface area contributed by atoms with E-state index in [1.54, 1.807) is 47.1 Å². The molecule has 4 rings (SSSR count). The molecule has 7 heteroatoms. The lowest BCUT2D eigenvalue weighted by Crippen LogP contribution is -2.12. The Morgan fingerprint density at radius 2 is 1.93 bits per heavy atom. The number of halogens is 1. The molecule has 0 aliphatic heterocycles. The van der Waals surface area contributed by atoms with Crippen LogP contribution < -0.4 is 10.1 Å². The molecule has 2 heterocycles. The van der Waals surface area contributed by atoms with Gasteiger partial charge < -0.3 is 14.5 Å². The lowest BCUT2D eigenvalue weighted by atomic mass is 10.2. The number of furan rings is 1. The maximum absolute atomic E-state index is 12.4. The minimum atomic E-state index is -0.371. The summed E-state index contributed by atoms with van der Waals surface area (Å²) in [4.78, 5) is 12.4. The molecule has 1 N–H and O–H groups in total. The summed E-state index contributed by atoms with van der Waals surface area (Å²) >= 11 is 5.93. The van der Waals surface area contributed by atoms with Crippen molar-refractivity contribution in [1.82, 2.24) is 9.78 Å². The van der Waals surface area contributed by atoms with E-state index >= 15 is 0 Å². The first-order valence-corrected chi connectivity index (χ1v) is 9.39. The van der Waals surface area contributed by atoms with E-state index in [-0.39, 0.29) is 18.3 Å². The molecule has 0 saturated carbocycles. The number of nitrogens with zero attached hydrogens (tertiary/aromatic N) is 2. The first-order valence-electron chi connectivity index (χ1n) is 9.01. The Labute approximate surface area is 172 Å². The van der Waals surface area contributed by atoms with Crippen LogP contribution in [0.3, 0.4) is 0 Å². The van der Waals surface area contributed by atoms with Crippen molar-refractivity contribution in [2.45, 2.75) is 13.2 Å². The van der Waals surface area contributed by atoms with Gasteiger partial charge in [-0.25, -0.2) is 0 Å². The van der Waals surface area contributed by atoms with Gasteiger partial charge >= 0.3 is 0 Å². The third-order valence-corrected chi connectivity index (χ3v) is 4.37. The van der Waals surface area contributed by atoms with Crippen LogP contribution in [0.4, 0.5) is 5.82 Å². The first-order chi connectivity index (χ1) is 14.2. The number of carbonyl (C=O) groups excluding carboxylic acids is 1. The van der Waals surface area contributed by atoms with Crippen molar-refractivity contribution in [3.05, 3.63) is 101 Å². The van der Waals surface area contributed by atoms with Crippen molar-refractivity contribution in [3.63, 3.8) is 0 Å². The number of hydrogen-bond acceptors (Lipinski definition) is 4. The monoisotopic (exact) mass is 407 g/mol. The molecule has 0 aliphatic carbocycles. The zero-order chi connectivity index (χ0) is 20.1. The van der Waals surface area contributed by atoms with E-state index in [1.165, 1.54) is 0 Å². The smallest absolute Gasteiger partial charge is 0.292 e. The van der Waals surface area contributed by atoms with Crippen LogP contribution in [0.1, 0.15) is 21.9 Å². The summed E-state index contributed by atoms with van der Waals surface area (Å²) in [6, 6.07) is 22.1. The number of ether oxygens (including phenoxy) is 1. The average Bonchev–Trinajstić information content (AvgIpc) is 3.37. The van der Waals surface area contributed by atoms with Gasteiger partial charge in [-0.15, -0.1) is 0 Å². The number of carbonyl (C=O) groups is 1. The van der Waals surface area contributed by atoms with Crippen LogP contribution in [0.2, 0.25) is 5.02 Å². The second kappa shape index (κ2) is 8.67. The number of benzene rings is 2. The fourth-order valence-electron chi connectivity index (χ4n) is 2.75. The summed E-state index contributed by atoms with van der Waals surface area (Å²) in [7, 11) is 0. The molecule has 2 aromatic carbocycles. The standard InChI is InChI=1S/C22H18ClN3O3/c23-17-7-4-8-18(13-17)28-15-19-9-10-20(29-19)22(27)24-21-11-12-26(25-21)14-16-5-2-1-3-6-16/h1-13H,14-15H2,(H,24,25,27). The Bertz CT molecular complexity index is 1110. The Kier molecular flexibility index (Phi) is 5.63. The largest absolute Gasteiger partial charge is 0.486 e. The average molecular weight is 408 g/mol. The number of aromatic nitrogens is 2. The minimum Gasteiger partial charge on any atom is -0.486 e. The quantitative estimate of drug-likeness (QED) is 0.467. The summed E-state index contributed by atoms with van der Waals surface area (Å²) in [5, 5.41) is 7.70. The predicted octanol–water partition coefficient (Wildman–Crippen LogP) is 5.01. The molecule has 0 spiro atoms. The van der Waals surface area contributed by atoms with Crippen molar-refractivity contribution >= 4 is 23.3 Å². The Balaban J connectivity index is 1.33. The molecular weight excluding hydrogens is 390 g/mol. The first kappa shape index (κ1) is 18.8. The normalized spacial score (nSPS) is 10.7. The number of anilines is 1. The third-order valence-electron chi connectivity index (χ3n) is 4.13. The molecule has 0 radical (unpaired) electrons. The highest BCUT2D eigenvalue weighted by Gasteiger charge is 2.13. The van der Waals surface area contributed by atoms with E-state index in [9.17, 15) is 4.79 Å². The van der Waals surface area contributed by atoms with Gasteiger partial charge in [-0.3, -0.25) is 9.48 Å². The lowest BCUT2D eigenvalue weighted by Gasteiger charge is -2.04. The van der Waals surface area contributed by atoms with Gasteiger partial charge in [-0.2, -0.15) is 5.10 Å². The third kappa shape index (κ3) is 5.06. The Hall–Kier alpha value is -3.51. The topological polar surface area (TPSA) is 69.3 Å². The predicted molar refractivity (Wildman–Crippen MR) is 110 cm³/mol. The fourth-order valence-corrected chi connectivity index (χ4v) is 2.93. The van der Waals surface area contributed by atoms with Crippen molar-refractivity contribution in [2.75, 3.05) is 5.32 Å². The highest BCUT2D eigenvalue weighted by molar-refractivity contribution is 6.30. The maximum Gasteiger partial charge on any atom is 0.292 e. The van der Waals surface area contributed by atoms with Gasteiger partial charge in [0, 0.05) is 17.3 Å². The van der Waals surface area contributed by atoms with Gasteiger partial charge in [0.15, 0.2) is 11.6 Å². The van der Waals surface area contributed by atoms with Crippen molar-refractivity contribution in [3.8, 4) is 5.75 Å². The summed E-state index contributed by atoms with van der Waals surface area (Å²) < 4.78 is 12.9. The van der Waals surface area contributed by atoms with Gasteiger partial charge in [0.05, 0.1) is 6.54 Å². The molecule has 0 saturated heterocycles. The highest BCUT2D eigenvalue weighted by atomic mass is 35.5. The zero-order valence-corrected chi connectivity index (χ0v) is 16.2. The van der Waals surface area contributed by atoms with Crippen LogP contribution in [0.15, 0.2) is 83.4 Å². The number of nitrogens with one attached hydrogen (secondary N) is 1. The van der Waals surface area contributed by atoms with Gasteiger partial charge in [0.25, 0.3) is 5.91 Å². The van der Waals surface area contributed by atoms with Crippen molar-refractivity contribution in [1.29, 1.82) is 0 Å². The summed E-state index contributed by atoms with van der Waals surface area (Å²) in [6.45, 7) is 0.821. The van der Waals surface area contributed by atoms with Crippen LogP contribution in [0, 0.1) is 0 Å². The van der Waals surface area contributed by atoms with E-state index in [1.807, 2.05) is 36.5 Å². The van der Waals surface area contributed by atoms with Crippen LogP contribution >= 0.6 is 11.6 Å². The molecule has 2 aromatic heterocycles. The summed E-state index contributed by atoms with van der Waals surface area (Å²) in [5.41, 5.74) is 1.13. The van der Waals surface area contributed by atoms with Crippen LogP contribution in [0.5, 0.6) is 5.75 Å². The van der Waals surface area contributed by atoms with Crippen molar-refractivity contribution < 1.29 is 13.9 Å². The molecule has 29 heavy (non-hydrogen) atoms. The van der Waals surface area contributed by atoms with E-state index in [2.05, 4.69) is 10.4 Å². The molecule has 0 aliphatic rings. The second-order valence-corrected chi connectivity index (χ2v) is 6.79. The lowest BCUT2D eigenvalue weighted by molar-refractivity contribution is 0.0992. The molecule has 0 fully saturated rings. The molecule has 6 nitrogen and oxygen atoms in total. The molecule has 0 unspecified atom stereocenters. The molecule has 146 valence electrons. The molecule has 0 atom stereocenters. The van der Waals surface area contributed by atoms with Crippen LogP contribution in [0.25, 0.3) is 0 Å². The number of amides is 1. The molecule has 0 bridgehead atoms. The van der Waals surface area contributed by atoms with Gasteiger partial charge in [-0.1, -0.05) is 48.0 Å². The van der Waals surface area contributed by atoms with E-state index in [4.69, 9.17) is 20.8 Å². The molecule has 4 aromatic rings. The van der Waals surface area contributed by atoms with E-state index < -0.39 is 0 Å². The molecule has 1 amide bonds. The highest BCUT2D eigenvalue weighted by Crippen LogP contribution is 2.19. The fraction of sp³-hybridized carbons (Fsp3) is 0.0909. The van der Waals surface area contributed by atoms with E-state index in [0.29, 0.717) is 28.9 Å². The summed E-state index contributed by atoms with van der Waals surface area (Å²) in [6.07, 6.45) is 1.81. The SMILES string of the molecule is O=C(Nc1ccn(Cc2ccccc2)n1)c1ccc(COc2cccc(Cl)c2)o1. The van der Waals surface area contributed by atoms with Crippen molar-refractivity contribution in [2.24, 2.45) is 0 Å². The maximum atomic E-state index is 12.4. The van der Waals surface area contributed by atoms with Gasteiger partial charge in [-0.05, 0) is 35.9 Å². The minimum absolute atomic E-state index is 0.187. The second-order valence-electron chi connectivity index (χ2n) is 6.35. The number of rotatable bonds is 7. The Morgan fingerprint density at radius 3 is 2.76 bits per heavy atom. The Morgan fingerprint density at radius 1 is 1.07 bits per heavy atom. The summed E-state index contributed by atoms with van der Waals surface area (Å²) in [5.74, 6) is 1.43. The molecular formula is C22H18ClN3O3. The number of hydrogen-bond donors (Lipinski definition) is 1. The van der Waals surface area contributed by atoms with Crippen LogP contribution in [-0.2, 0) is 13.2 Å². The zero-order valence-electron chi connectivity index (χ0n) is 15.4.